The molecule has 2 rings (SSSR count). The van der Waals surface area contributed by atoms with Gasteiger partial charge in [0.1, 0.15) is 0 Å². The predicted molar refractivity (Wildman–Crippen MR) is 75.6 cm³/mol. The highest BCUT2D eigenvalue weighted by atomic mass is 79.9. The quantitative estimate of drug-likeness (QED) is 0.878. The fourth-order valence-corrected chi connectivity index (χ4v) is 2.43. The first-order chi connectivity index (χ1) is 9.56. The van der Waals surface area contributed by atoms with Gasteiger partial charge in [-0.3, -0.25) is 0 Å². The number of halogens is 2. The van der Waals surface area contributed by atoms with Gasteiger partial charge in [0.2, 0.25) is 0 Å². The summed E-state index contributed by atoms with van der Waals surface area (Å²) < 4.78 is 19.6. The Labute approximate surface area is 124 Å². The van der Waals surface area contributed by atoms with Crippen LogP contribution in [0.4, 0.5) is 9.18 Å². The third-order valence-corrected chi connectivity index (χ3v) is 3.64. The van der Waals surface area contributed by atoms with Crippen LogP contribution in [0, 0.1) is 5.82 Å². The molecule has 0 saturated carbocycles. The number of nitrogens with one attached hydrogen (secondary N) is 1. The molecule has 0 spiro atoms. The van der Waals surface area contributed by atoms with Gasteiger partial charge in [-0.1, -0.05) is 15.9 Å². The number of hydrogen-bond donors (Lipinski definition) is 2. The summed E-state index contributed by atoms with van der Waals surface area (Å²) in [5, 5.41) is 12.2. The molecule has 2 N–H and O–H groups in total. The number of benzene rings is 1. The zero-order chi connectivity index (χ0) is 14.5. The highest BCUT2D eigenvalue weighted by Crippen LogP contribution is 2.21. The van der Waals surface area contributed by atoms with Crippen LogP contribution in [-0.2, 0) is 0 Å². The minimum Gasteiger partial charge on any atom is -0.490 e. The molecule has 0 radical (unpaired) electrons. The molecule has 1 atom stereocenters. The van der Waals surface area contributed by atoms with Crippen LogP contribution in [0.3, 0.4) is 0 Å². The van der Waals surface area contributed by atoms with Crippen LogP contribution in [-0.4, -0.2) is 48.4 Å². The Morgan fingerprint density at radius 1 is 1.60 bits per heavy atom. The number of amides is 1. The number of hydrogen-bond acceptors (Lipinski definition) is 3. The Bertz CT molecular complexity index is 487. The molecule has 20 heavy (non-hydrogen) atoms. The molecule has 0 aromatic heterocycles. The SMILES string of the molecule is O=C(O)N1CCN[C@H](CCOc2ccc(Br)cc2F)C1. The summed E-state index contributed by atoms with van der Waals surface area (Å²) in [7, 11) is 0. The second-order valence-electron chi connectivity index (χ2n) is 4.59. The van der Waals surface area contributed by atoms with Gasteiger partial charge in [-0.05, 0) is 24.6 Å². The van der Waals surface area contributed by atoms with E-state index in [-0.39, 0.29) is 11.8 Å². The summed E-state index contributed by atoms with van der Waals surface area (Å²) >= 11 is 3.18. The Balaban J connectivity index is 1.79. The predicted octanol–water partition coefficient (Wildman–Crippen LogP) is 2.31. The lowest BCUT2D eigenvalue weighted by atomic mass is 10.1. The van der Waals surface area contributed by atoms with Crippen molar-refractivity contribution in [2.45, 2.75) is 12.5 Å². The van der Waals surface area contributed by atoms with E-state index in [2.05, 4.69) is 21.2 Å². The van der Waals surface area contributed by atoms with Gasteiger partial charge in [0.05, 0.1) is 6.61 Å². The van der Waals surface area contributed by atoms with Crippen molar-refractivity contribution in [3.05, 3.63) is 28.5 Å². The van der Waals surface area contributed by atoms with Crippen LogP contribution in [0.25, 0.3) is 0 Å². The van der Waals surface area contributed by atoms with Crippen molar-refractivity contribution in [1.29, 1.82) is 0 Å². The number of ether oxygens (including phenoxy) is 1. The second-order valence-corrected chi connectivity index (χ2v) is 5.51. The van der Waals surface area contributed by atoms with Crippen LogP contribution in [0.15, 0.2) is 22.7 Å². The van der Waals surface area contributed by atoms with Gasteiger partial charge in [-0.15, -0.1) is 0 Å². The van der Waals surface area contributed by atoms with E-state index in [0.717, 1.165) is 0 Å². The van der Waals surface area contributed by atoms with Crippen LogP contribution in [0.5, 0.6) is 5.75 Å². The highest BCUT2D eigenvalue weighted by Gasteiger charge is 2.22. The monoisotopic (exact) mass is 346 g/mol. The van der Waals surface area contributed by atoms with Crippen LogP contribution in [0.1, 0.15) is 6.42 Å². The summed E-state index contributed by atoms with van der Waals surface area (Å²) in [4.78, 5) is 12.3. The van der Waals surface area contributed by atoms with Gasteiger partial charge >= 0.3 is 6.09 Å². The van der Waals surface area contributed by atoms with E-state index in [9.17, 15) is 9.18 Å². The van der Waals surface area contributed by atoms with Crippen molar-refractivity contribution >= 4 is 22.0 Å². The Morgan fingerprint density at radius 2 is 2.40 bits per heavy atom. The lowest BCUT2D eigenvalue weighted by Crippen LogP contribution is -2.52. The normalized spacial score (nSPS) is 18.9. The van der Waals surface area contributed by atoms with Crippen LogP contribution >= 0.6 is 15.9 Å². The Morgan fingerprint density at radius 3 is 3.10 bits per heavy atom. The average molecular weight is 347 g/mol. The Kier molecular flexibility index (Phi) is 5.19. The number of rotatable bonds is 4. The second kappa shape index (κ2) is 6.90. The third kappa shape index (κ3) is 4.08. The summed E-state index contributed by atoms with van der Waals surface area (Å²) in [6.07, 6.45) is -0.282. The van der Waals surface area contributed by atoms with Crippen molar-refractivity contribution in [2.75, 3.05) is 26.2 Å². The van der Waals surface area contributed by atoms with Gasteiger partial charge < -0.3 is 20.1 Å². The minimum atomic E-state index is -0.906. The van der Waals surface area contributed by atoms with Gasteiger partial charge in [0.15, 0.2) is 11.6 Å². The maximum absolute atomic E-state index is 13.5. The first-order valence-corrected chi connectivity index (χ1v) is 7.14. The molecule has 110 valence electrons. The van der Waals surface area contributed by atoms with Crippen LogP contribution in [0.2, 0.25) is 0 Å². The highest BCUT2D eigenvalue weighted by molar-refractivity contribution is 9.10. The Hall–Kier alpha value is -1.34. The molecule has 1 fully saturated rings. The summed E-state index contributed by atoms with van der Waals surface area (Å²) in [6.45, 7) is 1.89. The molecular weight excluding hydrogens is 331 g/mol. The first-order valence-electron chi connectivity index (χ1n) is 6.35. The number of carbonyl (C=O) groups is 1. The van der Waals surface area contributed by atoms with E-state index in [4.69, 9.17) is 9.84 Å². The van der Waals surface area contributed by atoms with Crippen molar-refractivity contribution in [3.8, 4) is 5.75 Å². The van der Waals surface area contributed by atoms with Crippen molar-refractivity contribution in [1.82, 2.24) is 10.2 Å². The summed E-state index contributed by atoms with van der Waals surface area (Å²) in [5.74, 6) is -0.206. The molecule has 7 heteroatoms. The van der Waals surface area contributed by atoms with Gasteiger partial charge in [0.25, 0.3) is 0 Å². The number of carboxylic acid groups (broad SMARTS) is 1. The van der Waals surface area contributed by atoms with E-state index in [1.54, 1.807) is 12.1 Å². The number of nitrogens with zero attached hydrogens (tertiary/aromatic N) is 1. The van der Waals surface area contributed by atoms with E-state index in [1.165, 1.54) is 11.0 Å². The summed E-state index contributed by atoms with van der Waals surface area (Å²) in [5.41, 5.74) is 0. The standard InChI is InChI=1S/C13H16BrFN2O3/c14-9-1-2-12(11(15)7-9)20-6-3-10-8-17(13(18)19)5-4-16-10/h1-2,7,10,16H,3-6,8H2,(H,18,19)/t10-/m1/s1. The van der Waals surface area contributed by atoms with Crippen molar-refractivity contribution in [2.24, 2.45) is 0 Å². The van der Waals surface area contributed by atoms with E-state index < -0.39 is 11.9 Å². The van der Waals surface area contributed by atoms with E-state index in [1.807, 2.05) is 0 Å². The largest absolute Gasteiger partial charge is 0.490 e. The molecule has 1 aliphatic heterocycles. The van der Waals surface area contributed by atoms with Gasteiger partial charge in [-0.2, -0.15) is 0 Å². The molecule has 5 nitrogen and oxygen atoms in total. The van der Waals surface area contributed by atoms with Crippen LogP contribution < -0.4 is 10.1 Å². The lowest BCUT2D eigenvalue weighted by Gasteiger charge is -2.31. The van der Waals surface area contributed by atoms with E-state index >= 15 is 0 Å². The zero-order valence-electron chi connectivity index (χ0n) is 10.8. The molecule has 1 heterocycles. The third-order valence-electron chi connectivity index (χ3n) is 3.14. The first kappa shape index (κ1) is 15.1. The summed E-state index contributed by atoms with van der Waals surface area (Å²) in [6, 6.07) is 4.67. The maximum atomic E-state index is 13.5. The molecule has 1 aromatic carbocycles. The minimum absolute atomic E-state index is 0.0401. The average Bonchev–Trinajstić information content (AvgIpc) is 2.41. The van der Waals surface area contributed by atoms with E-state index in [0.29, 0.717) is 37.1 Å². The fraction of sp³-hybridized carbons (Fsp3) is 0.462. The molecule has 1 saturated heterocycles. The zero-order valence-corrected chi connectivity index (χ0v) is 12.4. The molecule has 1 amide bonds. The maximum Gasteiger partial charge on any atom is 0.407 e. The molecule has 1 aliphatic rings. The molecular formula is C13H16BrFN2O3. The topological polar surface area (TPSA) is 61.8 Å². The van der Waals surface area contributed by atoms with Crippen molar-refractivity contribution < 1.29 is 19.0 Å². The van der Waals surface area contributed by atoms with Gasteiger partial charge in [-0.25, -0.2) is 9.18 Å². The molecule has 1 aromatic rings. The number of piperazine rings is 1. The van der Waals surface area contributed by atoms with Crippen molar-refractivity contribution in [3.63, 3.8) is 0 Å². The van der Waals surface area contributed by atoms with Gasteiger partial charge in [0, 0.05) is 30.1 Å². The fourth-order valence-electron chi connectivity index (χ4n) is 2.10. The molecule has 0 unspecified atom stereocenters. The molecule has 0 bridgehead atoms. The molecule has 0 aliphatic carbocycles. The lowest BCUT2D eigenvalue weighted by molar-refractivity contribution is 0.124. The smallest absolute Gasteiger partial charge is 0.407 e.